The molecule has 2 N–H and O–H groups in total. The Bertz CT molecular complexity index is 456. The summed E-state index contributed by atoms with van der Waals surface area (Å²) in [5, 5.41) is 13.1. The SMILES string of the molecule is COc1cc(CNCC(O)C2CC2)cc2c1OCCO2. The van der Waals surface area contributed by atoms with E-state index in [0.717, 1.165) is 24.2 Å². The highest BCUT2D eigenvalue weighted by Crippen LogP contribution is 2.40. The maximum atomic E-state index is 9.83. The smallest absolute Gasteiger partial charge is 0.203 e. The Morgan fingerprint density at radius 1 is 1.35 bits per heavy atom. The van der Waals surface area contributed by atoms with Crippen LogP contribution < -0.4 is 19.5 Å². The van der Waals surface area contributed by atoms with E-state index < -0.39 is 0 Å². The van der Waals surface area contributed by atoms with Crippen LogP contribution in [0, 0.1) is 5.92 Å². The predicted octanol–water partition coefficient (Wildman–Crippen LogP) is 1.33. The first kappa shape index (κ1) is 13.5. The number of hydrogen-bond acceptors (Lipinski definition) is 5. The number of aliphatic hydroxyl groups is 1. The van der Waals surface area contributed by atoms with Crippen LogP contribution in [0.3, 0.4) is 0 Å². The van der Waals surface area contributed by atoms with Gasteiger partial charge in [0.1, 0.15) is 13.2 Å². The molecular formula is C15H21NO4. The molecule has 110 valence electrons. The molecule has 0 amide bonds. The lowest BCUT2D eigenvalue weighted by Crippen LogP contribution is -2.28. The van der Waals surface area contributed by atoms with Crippen LogP contribution in [-0.2, 0) is 6.54 Å². The van der Waals surface area contributed by atoms with Gasteiger partial charge in [-0.25, -0.2) is 0 Å². The third kappa shape index (κ3) is 2.99. The Balaban J connectivity index is 1.63. The van der Waals surface area contributed by atoms with E-state index in [9.17, 15) is 5.11 Å². The first-order chi connectivity index (χ1) is 9.78. The maximum absolute atomic E-state index is 9.83. The van der Waals surface area contributed by atoms with Gasteiger partial charge in [0.2, 0.25) is 5.75 Å². The first-order valence-electron chi connectivity index (χ1n) is 7.13. The highest BCUT2D eigenvalue weighted by atomic mass is 16.6. The van der Waals surface area contributed by atoms with Gasteiger partial charge in [0.05, 0.1) is 13.2 Å². The van der Waals surface area contributed by atoms with Crippen LogP contribution >= 0.6 is 0 Å². The molecule has 5 heteroatoms. The van der Waals surface area contributed by atoms with Crippen LogP contribution in [0.1, 0.15) is 18.4 Å². The fourth-order valence-corrected chi connectivity index (χ4v) is 2.44. The van der Waals surface area contributed by atoms with E-state index in [0.29, 0.717) is 43.7 Å². The molecule has 3 rings (SSSR count). The number of ether oxygens (including phenoxy) is 3. The van der Waals surface area contributed by atoms with Crippen molar-refractivity contribution in [3.8, 4) is 17.2 Å². The standard InChI is InChI=1S/C15H21NO4/c1-18-13-6-10(7-14-15(13)20-5-4-19-14)8-16-9-12(17)11-2-3-11/h6-7,11-12,16-17H,2-5,8-9H2,1H3. The molecule has 0 saturated heterocycles. The normalized spacial score (nSPS) is 18.7. The number of fused-ring (bicyclic) bond motifs is 1. The van der Waals surface area contributed by atoms with E-state index in [1.165, 1.54) is 0 Å². The zero-order valence-electron chi connectivity index (χ0n) is 11.7. The topological polar surface area (TPSA) is 60.0 Å². The van der Waals surface area contributed by atoms with Gasteiger partial charge in [0.15, 0.2) is 11.5 Å². The molecule has 1 aliphatic heterocycles. The van der Waals surface area contributed by atoms with Crippen LogP contribution in [0.4, 0.5) is 0 Å². The zero-order chi connectivity index (χ0) is 13.9. The molecule has 0 spiro atoms. The van der Waals surface area contributed by atoms with Crippen molar-refractivity contribution in [2.24, 2.45) is 5.92 Å². The molecule has 1 heterocycles. The van der Waals surface area contributed by atoms with Gasteiger partial charge < -0.3 is 24.6 Å². The van der Waals surface area contributed by atoms with E-state index in [1.807, 2.05) is 12.1 Å². The number of nitrogens with one attached hydrogen (secondary N) is 1. The number of hydrogen-bond donors (Lipinski definition) is 2. The van der Waals surface area contributed by atoms with Crippen molar-refractivity contribution in [1.82, 2.24) is 5.32 Å². The number of aliphatic hydroxyl groups excluding tert-OH is 1. The largest absolute Gasteiger partial charge is 0.493 e. The lowest BCUT2D eigenvalue weighted by Gasteiger charge is -2.21. The van der Waals surface area contributed by atoms with E-state index >= 15 is 0 Å². The average molecular weight is 279 g/mol. The molecule has 1 saturated carbocycles. The van der Waals surface area contributed by atoms with Crippen LogP contribution in [0.2, 0.25) is 0 Å². The van der Waals surface area contributed by atoms with Crippen LogP contribution in [0.25, 0.3) is 0 Å². The second-order valence-electron chi connectivity index (χ2n) is 5.36. The van der Waals surface area contributed by atoms with E-state index in [1.54, 1.807) is 7.11 Å². The minimum absolute atomic E-state index is 0.228. The Morgan fingerprint density at radius 3 is 2.90 bits per heavy atom. The summed E-state index contributed by atoms with van der Waals surface area (Å²) in [4.78, 5) is 0. The summed E-state index contributed by atoms with van der Waals surface area (Å²) in [6, 6.07) is 3.91. The predicted molar refractivity (Wildman–Crippen MR) is 74.4 cm³/mol. The van der Waals surface area contributed by atoms with Gasteiger partial charge >= 0.3 is 0 Å². The molecule has 1 aromatic carbocycles. The molecule has 20 heavy (non-hydrogen) atoms. The van der Waals surface area contributed by atoms with Crippen LogP contribution in [-0.4, -0.2) is 38.1 Å². The maximum Gasteiger partial charge on any atom is 0.203 e. The lowest BCUT2D eigenvalue weighted by atomic mass is 10.1. The molecule has 1 fully saturated rings. The molecule has 0 bridgehead atoms. The molecule has 1 aromatic rings. The Labute approximate surface area is 118 Å². The van der Waals surface area contributed by atoms with Crippen molar-refractivity contribution < 1.29 is 19.3 Å². The lowest BCUT2D eigenvalue weighted by molar-refractivity contribution is 0.148. The summed E-state index contributed by atoms with van der Waals surface area (Å²) < 4.78 is 16.5. The van der Waals surface area contributed by atoms with Crippen molar-refractivity contribution in [3.05, 3.63) is 17.7 Å². The summed E-state index contributed by atoms with van der Waals surface area (Å²) in [7, 11) is 1.63. The second kappa shape index (κ2) is 5.89. The minimum Gasteiger partial charge on any atom is -0.493 e. The monoisotopic (exact) mass is 279 g/mol. The first-order valence-corrected chi connectivity index (χ1v) is 7.13. The Morgan fingerprint density at radius 2 is 2.15 bits per heavy atom. The molecule has 1 aliphatic carbocycles. The molecule has 5 nitrogen and oxygen atoms in total. The van der Waals surface area contributed by atoms with Crippen molar-refractivity contribution in [1.29, 1.82) is 0 Å². The summed E-state index contributed by atoms with van der Waals surface area (Å²) in [5.41, 5.74) is 1.06. The zero-order valence-corrected chi connectivity index (χ0v) is 11.7. The van der Waals surface area contributed by atoms with Gasteiger partial charge in [0.25, 0.3) is 0 Å². The molecule has 0 aromatic heterocycles. The van der Waals surface area contributed by atoms with Crippen LogP contribution in [0.5, 0.6) is 17.2 Å². The average Bonchev–Trinajstić information content (AvgIpc) is 3.31. The summed E-state index contributed by atoms with van der Waals surface area (Å²) >= 11 is 0. The molecule has 2 aliphatic rings. The Kier molecular flexibility index (Phi) is 3.98. The Hall–Kier alpha value is -1.46. The number of rotatable bonds is 6. The van der Waals surface area contributed by atoms with Gasteiger partial charge in [-0.15, -0.1) is 0 Å². The number of methoxy groups -OCH3 is 1. The molecule has 0 radical (unpaired) electrons. The van der Waals surface area contributed by atoms with Crippen molar-refractivity contribution in [3.63, 3.8) is 0 Å². The molecule has 1 atom stereocenters. The highest BCUT2D eigenvalue weighted by Gasteiger charge is 2.29. The summed E-state index contributed by atoms with van der Waals surface area (Å²) in [6.45, 7) is 2.42. The summed E-state index contributed by atoms with van der Waals surface area (Å²) in [5.74, 6) is 2.61. The van der Waals surface area contributed by atoms with E-state index in [-0.39, 0.29) is 6.10 Å². The van der Waals surface area contributed by atoms with Gasteiger partial charge in [0, 0.05) is 13.1 Å². The van der Waals surface area contributed by atoms with Crippen molar-refractivity contribution >= 4 is 0 Å². The summed E-state index contributed by atoms with van der Waals surface area (Å²) in [6.07, 6.45) is 2.08. The third-order valence-corrected chi connectivity index (χ3v) is 3.74. The second-order valence-corrected chi connectivity index (χ2v) is 5.36. The molecule has 1 unspecified atom stereocenters. The van der Waals surface area contributed by atoms with Gasteiger partial charge in [-0.2, -0.15) is 0 Å². The van der Waals surface area contributed by atoms with Crippen molar-refractivity contribution in [2.75, 3.05) is 26.9 Å². The fraction of sp³-hybridized carbons (Fsp3) is 0.600. The molecular weight excluding hydrogens is 258 g/mol. The highest BCUT2D eigenvalue weighted by molar-refractivity contribution is 5.54. The van der Waals surface area contributed by atoms with E-state index in [2.05, 4.69) is 5.32 Å². The van der Waals surface area contributed by atoms with E-state index in [4.69, 9.17) is 14.2 Å². The van der Waals surface area contributed by atoms with Gasteiger partial charge in [-0.3, -0.25) is 0 Å². The van der Waals surface area contributed by atoms with Crippen molar-refractivity contribution in [2.45, 2.75) is 25.5 Å². The quantitative estimate of drug-likeness (QED) is 0.822. The third-order valence-electron chi connectivity index (χ3n) is 3.74. The minimum atomic E-state index is -0.228. The van der Waals surface area contributed by atoms with Gasteiger partial charge in [-0.1, -0.05) is 0 Å². The van der Waals surface area contributed by atoms with Gasteiger partial charge in [-0.05, 0) is 36.5 Å². The number of benzene rings is 1. The van der Waals surface area contributed by atoms with Crippen LogP contribution in [0.15, 0.2) is 12.1 Å². The fourth-order valence-electron chi connectivity index (χ4n) is 2.44.